The molecule has 0 saturated carbocycles. The van der Waals surface area contributed by atoms with Gasteiger partial charge in [-0.25, -0.2) is 0 Å². The molecule has 1 heterocycles. The van der Waals surface area contributed by atoms with Crippen molar-refractivity contribution in [2.75, 3.05) is 4.90 Å². The first kappa shape index (κ1) is 39.4. The number of aromatic nitrogens is 1. The van der Waals surface area contributed by atoms with Crippen LogP contribution >= 0.6 is 0 Å². The number of benzene rings is 12. The van der Waals surface area contributed by atoms with Crippen LogP contribution in [-0.2, 0) is 5.41 Å². The van der Waals surface area contributed by atoms with Gasteiger partial charge in [-0.05, 0) is 155 Å². The second-order valence-corrected chi connectivity index (χ2v) is 19.3. The Labute approximate surface area is 401 Å². The van der Waals surface area contributed by atoms with Crippen LogP contribution in [0.25, 0.3) is 104 Å². The third-order valence-electron chi connectivity index (χ3n) is 15.1. The SMILES string of the molecule is CC1(C)c2cc(-c3ccc4c5c6ccc7cccc8ccc(cc5n(-c5ccccc5)c4c3)c6c87)ccc2-c2ccc(N(c3ccc(-c4ccccc4)cc3)c3ccc(-c4ccccc4)cc3)cc21. The van der Waals surface area contributed by atoms with Crippen molar-refractivity contribution in [1.29, 1.82) is 0 Å². The van der Waals surface area contributed by atoms with Gasteiger partial charge in [0.2, 0.25) is 0 Å². The van der Waals surface area contributed by atoms with Gasteiger partial charge in [0, 0.05) is 38.9 Å². The first-order valence-electron chi connectivity index (χ1n) is 24.1. The molecule has 0 atom stereocenters. The number of anilines is 3. The van der Waals surface area contributed by atoms with Crippen molar-refractivity contribution in [3.63, 3.8) is 0 Å². The highest BCUT2D eigenvalue weighted by Gasteiger charge is 2.36. The second kappa shape index (κ2) is 15.2. The summed E-state index contributed by atoms with van der Waals surface area (Å²) < 4.78 is 2.48. The van der Waals surface area contributed by atoms with Gasteiger partial charge in [-0.2, -0.15) is 0 Å². The number of hydrogen-bond acceptors (Lipinski definition) is 1. The molecule has 2 nitrogen and oxygen atoms in total. The minimum Gasteiger partial charge on any atom is -0.310 e. The van der Waals surface area contributed by atoms with Gasteiger partial charge < -0.3 is 9.47 Å². The van der Waals surface area contributed by atoms with Gasteiger partial charge in [0.15, 0.2) is 0 Å². The average Bonchev–Trinajstić information content (AvgIpc) is 3.85. The van der Waals surface area contributed by atoms with E-state index in [1.165, 1.54) is 110 Å². The van der Waals surface area contributed by atoms with Gasteiger partial charge in [0.05, 0.1) is 11.0 Å². The predicted octanol–water partition coefficient (Wildman–Crippen LogP) is 18.5. The van der Waals surface area contributed by atoms with Crippen LogP contribution in [-0.4, -0.2) is 4.57 Å². The molecule has 0 aliphatic heterocycles. The van der Waals surface area contributed by atoms with Gasteiger partial charge in [-0.15, -0.1) is 0 Å². The number of nitrogens with zero attached hydrogens (tertiary/aromatic N) is 2. The Morgan fingerprint density at radius 2 is 0.812 bits per heavy atom. The Bertz CT molecular complexity index is 4010. The number of rotatable bonds is 7. The first-order chi connectivity index (χ1) is 34.0. The summed E-state index contributed by atoms with van der Waals surface area (Å²) in [5.41, 5.74) is 19.3. The van der Waals surface area contributed by atoms with Crippen molar-refractivity contribution >= 4 is 71.2 Å². The van der Waals surface area contributed by atoms with Crippen LogP contribution in [0, 0.1) is 0 Å². The van der Waals surface area contributed by atoms with Crippen LogP contribution in [0.5, 0.6) is 0 Å². The number of para-hydroxylation sites is 1. The Morgan fingerprint density at radius 1 is 0.319 bits per heavy atom. The maximum atomic E-state index is 2.48. The molecule has 324 valence electrons. The molecule has 0 N–H and O–H groups in total. The van der Waals surface area contributed by atoms with E-state index in [1.54, 1.807) is 0 Å². The number of hydrogen-bond donors (Lipinski definition) is 0. The van der Waals surface area contributed by atoms with Crippen LogP contribution < -0.4 is 4.90 Å². The molecular formula is C67H46N2. The zero-order chi connectivity index (χ0) is 45.8. The van der Waals surface area contributed by atoms with Crippen molar-refractivity contribution in [2.24, 2.45) is 0 Å². The Morgan fingerprint density at radius 3 is 1.46 bits per heavy atom. The van der Waals surface area contributed by atoms with E-state index in [0.717, 1.165) is 22.7 Å². The molecule has 69 heavy (non-hydrogen) atoms. The molecule has 0 unspecified atom stereocenters. The summed E-state index contributed by atoms with van der Waals surface area (Å²) in [6.07, 6.45) is 0. The Balaban J connectivity index is 0.880. The lowest BCUT2D eigenvalue weighted by Crippen LogP contribution is -2.16. The maximum absolute atomic E-state index is 2.48. The lowest BCUT2D eigenvalue weighted by molar-refractivity contribution is 0.660. The zero-order valence-electron chi connectivity index (χ0n) is 38.5. The second-order valence-electron chi connectivity index (χ2n) is 19.3. The molecule has 1 aliphatic rings. The van der Waals surface area contributed by atoms with Crippen molar-refractivity contribution in [3.05, 3.63) is 254 Å². The molecule has 14 rings (SSSR count). The van der Waals surface area contributed by atoms with Crippen LogP contribution in [0.15, 0.2) is 243 Å². The van der Waals surface area contributed by atoms with Crippen molar-refractivity contribution in [1.82, 2.24) is 4.57 Å². The largest absolute Gasteiger partial charge is 0.310 e. The molecule has 12 aromatic carbocycles. The molecule has 0 amide bonds. The van der Waals surface area contributed by atoms with Crippen LogP contribution in [0.2, 0.25) is 0 Å². The summed E-state index contributed by atoms with van der Waals surface area (Å²) in [5, 5.41) is 10.4. The summed E-state index contributed by atoms with van der Waals surface area (Å²) in [7, 11) is 0. The third kappa shape index (κ3) is 6.12. The summed E-state index contributed by atoms with van der Waals surface area (Å²) in [5.74, 6) is 0. The topological polar surface area (TPSA) is 8.17 Å². The highest BCUT2D eigenvalue weighted by Crippen LogP contribution is 2.52. The van der Waals surface area contributed by atoms with E-state index < -0.39 is 0 Å². The fourth-order valence-electron chi connectivity index (χ4n) is 11.7. The van der Waals surface area contributed by atoms with E-state index in [0.29, 0.717) is 0 Å². The van der Waals surface area contributed by atoms with Crippen molar-refractivity contribution in [3.8, 4) is 50.2 Å². The monoisotopic (exact) mass is 878 g/mol. The van der Waals surface area contributed by atoms with Gasteiger partial charge >= 0.3 is 0 Å². The van der Waals surface area contributed by atoms with E-state index in [2.05, 4.69) is 266 Å². The first-order valence-corrected chi connectivity index (χ1v) is 24.1. The standard InChI is InChI=1S/C67H46N2/c1-67(2)60-39-49(50-29-36-58-62(40-50)69(52-19-10-5-11-20-52)63-41-51-22-21-47-17-12-18-48-27-37-59(66(58)63)65(51)64(47)48)28-35-56(60)57-38-34-55(42-61(57)67)68(53-30-23-45(24-31-53)43-13-6-3-7-14-43)54-32-25-46(26-33-54)44-15-8-4-9-16-44/h3-42H,1-2H3. The lowest BCUT2D eigenvalue weighted by Gasteiger charge is -2.28. The molecule has 0 saturated heterocycles. The predicted molar refractivity (Wildman–Crippen MR) is 293 cm³/mol. The minimum absolute atomic E-state index is 0.240. The average molecular weight is 879 g/mol. The molecular weight excluding hydrogens is 833 g/mol. The van der Waals surface area contributed by atoms with Gasteiger partial charge in [-0.1, -0.05) is 190 Å². The molecule has 1 aromatic heterocycles. The zero-order valence-corrected chi connectivity index (χ0v) is 38.5. The van der Waals surface area contributed by atoms with Crippen LogP contribution in [0.1, 0.15) is 25.0 Å². The summed E-state index contributed by atoms with van der Waals surface area (Å²) in [6, 6.07) is 89.8. The van der Waals surface area contributed by atoms with Gasteiger partial charge in [0.25, 0.3) is 0 Å². The lowest BCUT2D eigenvalue weighted by atomic mass is 9.81. The van der Waals surface area contributed by atoms with Crippen molar-refractivity contribution in [2.45, 2.75) is 19.3 Å². The molecule has 0 radical (unpaired) electrons. The fourth-order valence-corrected chi connectivity index (χ4v) is 11.7. The van der Waals surface area contributed by atoms with Gasteiger partial charge in [-0.3, -0.25) is 0 Å². The summed E-state index contributed by atoms with van der Waals surface area (Å²) >= 11 is 0. The Hall–Kier alpha value is -8.72. The quantitative estimate of drug-likeness (QED) is 0.145. The van der Waals surface area contributed by atoms with E-state index in [9.17, 15) is 0 Å². The van der Waals surface area contributed by atoms with E-state index >= 15 is 0 Å². The number of fused-ring (bicyclic) bond motifs is 7. The summed E-state index contributed by atoms with van der Waals surface area (Å²) in [6.45, 7) is 4.79. The molecule has 0 fully saturated rings. The molecule has 0 spiro atoms. The van der Waals surface area contributed by atoms with Crippen molar-refractivity contribution < 1.29 is 0 Å². The third-order valence-corrected chi connectivity index (χ3v) is 15.1. The minimum atomic E-state index is -0.240. The van der Waals surface area contributed by atoms with Crippen LogP contribution in [0.4, 0.5) is 17.1 Å². The molecule has 2 heteroatoms. The highest BCUT2D eigenvalue weighted by atomic mass is 15.1. The van der Waals surface area contributed by atoms with E-state index in [4.69, 9.17) is 0 Å². The maximum Gasteiger partial charge on any atom is 0.0553 e. The molecule has 13 aromatic rings. The highest BCUT2D eigenvalue weighted by molar-refractivity contribution is 6.33. The van der Waals surface area contributed by atoms with E-state index in [1.807, 2.05) is 0 Å². The normalized spacial score (nSPS) is 12.9. The van der Waals surface area contributed by atoms with Gasteiger partial charge in [0.1, 0.15) is 0 Å². The Kier molecular flexibility index (Phi) is 8.66. The van der Waals surface area contributed by atoms with E-state index in [-0.39, 0.29) is 5.41 Å². The van der Waals surface area contributed by atoms with Crippen LogP contribution in [0.3, 0.4) is 0 Å². The fraction of sp³-hybridized carbons (Fsp3) is 0.0448. The summed E-state index contributed by atoms with van der Waals surface area (Å²) in [4.78, 5) is 2.41. The smallest absolute Gasteiger partial charge is 0.0553 e. The molecule has 0 bridgehead atoms. The molecule has 1 aliphatic carbocycles.